The topological polar surface area (TPSA) is 41.5 Å². The molecule has 0 amide bonds. The van der Waals surface area contributed by atoms with Crippen LogP contribution >= 0.6 is 0 Å². The summed E-state index contributed by atoms with van der Waals surface area (Å²) in [5.41, 5.74) is 0.242. The van der Waals surface area contributed by atoms with Gasteiger partial charge in [-0.15, -0.1) is 0 Å². The van der Waals surface area contributed by atoms with E-state index < -0.39 is 0 Å². The minimum absolute atomic E-state index is 0.0630. The van der Waals surface area contributed by atoms with Crippen molar-refractivity contribution in [2.45, 2.75) is 26.5 Å². The number of aliphatic hydroxyl groups is 1. The number of ether oxygens (including phenoxy) is 1. The average molecular weight is 159 g/mol. The Labute approximate surface area is 67.7 Å². The number of nitrogens with one attached hydrogen (secondary N) is 1. The zero-order valence-electron chi connectivity index (χ0n) is 7.26. The summed E-state index contributed by atoms with van der Waals surface area (Å²) in [5.74, 6) is 0. The van der Waals surface area contributed by atoms with Crippen LogP contribution in [0.1, 0.15) is 20.3 Å². The van der Waals surface area contributed by atoms with E-state index in [9.17, 15) is 0 Å². The van der Waals surface area contributed by atoms with Gasteiger partial charge in [-0.3, -0.25) is 5.32 Å². The van der Waals surface area contributed by atoms with Crippen molar-refractivity contribution in [3.63, 3.8) is 0 Å². The minimum atomic E-state index is 0.0630. The van der Waals surface area contributed by atoms with Gasteiger partial charge in [0.15, 0.2) is 0 Å². The zero-order chi connectivity index (χ0) is 8.32. The van der Waals surface area contributed by atoms with Crippen LogP contribution in [0.2, 0.25) is 0 Å². The Balaban J connectivity index is 2.25. The number of hydrogen-bond acceptors (Lipinski definition) is 3. The van der Waals surface area contributed by atoms with Crippen molar-refractivity contribution in [1.29, 1.82) is 0 Å². The molecule has 0 spiro atoms. The lowest BCUT2D eigenvalue weighted by atomic mass is 9.93. The molecule has 1 rings (SSSR count). The second-order valence-corrected chi connectivity index (χ2v) is 3.86. The van der Waals surface area contributed by atoms with Crippen LogP contribution in [0.3, 0.4) is 0 Å². The summed E-state index contributed by atoms with van der Waals surface area (Å²) in [6.07, 6.45) is 0.754. The maximum Gasteiger partial charge on any atom is 0.110 e. The molecule has 11 heavy (non-hydrogen) atoms. The molecule has 1 atom stereocenters. The van der Waals surface area contributed by atoms with E-state index in [1.165, 1.54) is 0 Å². The molecule has 1 heterocycles. The van der Waals surface area contributed by atoms with E-state index in [0.717, 1.165) is 13.2 Å². The van der Waals surface area contributed by atoms with E-state index in [0.29, 0.717) is 6.42 Å². The predicted octanol–water partition coefficient (Wildman–Crippen LogP) is 0.341. The first kappa shape index (κ1) is 8.97. The van der Waals surface area contributed by atoms with E-state index in [2.05, 4.69) is 19.2 Å². The number of rotatable bonds is 2. The van der Waals surface area contributed by atoms with Crippen molar-refractivity contribution in [2.75, 3.05) is 19.8 Å². The Morgan fingerprint density at radius 3 is 2.82 bits per heavy atom. The molecular weight excluding hydrogens is 142 g/mol. The quantitative estimate of drug-likeness (QED) is 0.610. The van der Waals surface area contributed by atoms with Crippen molar-refractivity contribution < 1.29 is 9.84 Å². The third-order valence-corrected chi connectivity index (χ3v) is 1.87. The van der Waals surface area contributed by atoms with Crippen molar-refractivity contribution in [1.82, 2.24) is 5.32 Å². The summed E-state index contributed by atoms with van der Waals surface area (Å²) in [6, 6.07) is 0. The summed E-state index contributed by atoms with van der Waals surface area (Å²) in [5, 5.41) is 11.9. The second kappa shape index (κ2) is 3.52. The smallest absolute Gasteiger partial charge is 0.110 e. The highest BCUT2D eigenvalue weighted by Gasteiger charge is 2.26. The molecular formula is C8H17NO2. The van der Waals surface area contributed by atoms with Crippen LogP contribution in [0.15, 0.2) is 0 Å². The Morgan fingerprint density at radius 1 is 1.64 bits per heavy atom. The number of hydrogen-bond donors (Lipinski definition) is 2. The Kier molecular flexibility index (Phi) is 2.87. The monoisotopic (exact) mass is 159 g/mol. The maximum atomic E-state index is 8.63. The van der Waals surface area contributed by atoms with E-state index >= 15 is 0 Å². The van der Waals surface area contributed by atoms with Crippen LogP contribution in [0, 0.1) is 5.41 Å². The van der Waals surface area contributed by atoms with Crippen molar-refractivity contribution in [3.8, 4) is 0 Å². The van der Waals surface area contributed by atoms with E-state index in [4.69, 9.17) is 9.84 Å². The SMILES string of the molecule is CC1(C)CNC(CCO)OC1. The van der Waals surface area contributed by atoms with Gasteiger partial charge < -0.3 is 9.84 Å². The molecule has 2 N–H and O–H groups in total. The van der Waals surface area contributed by atoms with Gasteiger partial charge in [0, 0.05) is 25.0 Å². The van der Waals surface area contributed by atoms with Gasteiger partial charge in [0.1, 0.15) is 6.23 Å². The molecule has 1 aliphatic heterocycles. The Morgan fingerprint density at radius 2 is 2.36 bits per heavy atom. The largest absolute Gasteiger partial charge is 0.396 e. The molecule has 0 aromatic carbocycles. The first-order valence-corrected chi connectivity index (χ1v) is 4.10. The minimum Gasteiger partial charge on any atom is -0.396 e. The lowest BCUT2D eigenvalue weighted by Gasteiger charge is -2.35. The first-order valence-electron chi connectivity index (χ1n) is 4.10. The fourth-order valence-electron chi connectivity index (χ4n) is 1.13. The summed E-state index contributed by atoms with van der Waals surface area (Å²) in [4.78, 5) is 0. The molecule has 0 radical (unpaired) electrons. The van der Waals surface area contributed by atoms with E-state index in [1.807, 2.05) is 0 Å². The lowest BCUT2D eigenvalue weighted by Crippen LogP contribution is -2.47. The maximum absolute atomic E-state index is 8.63. The highest BCUT2D eigenvalue weighted by molar-refractivity contribution is 4.76. The van der Waals surface area contributed by atoms with Gasteiger partial charge in [-0.1, -0.05) is 13.8 Å². The van der Waals surface area contributed by atoms with Gasteiger partial charge in [0.2, 0.25) is 0 Å². The predicted molar refractivity (Wildman–Crippen MR) is 43.2 cm³/mol. The highest BCUT2D eigenvalue weighted by atomic mass is 16.5. The van der Waals surface area contributed by atoms with Crippen molar-refractivity contribution in [3.05, 3.63) is 0 Å². The Hall–Kier alpha value is -0.120. The molecule has 3 heteroatoms. The third-order valence-electron chi connectivity index (χ3n) is 1.87. The van der Waals surface area contributed by atoms with Gasteiger partial charge in [0.05, 0.1) is 6.61 Å². The van der Waals surface area contributed by atoms with E-state index in [-0.39, 0.29) is 18.2 Å². The van der Waals surface area contributed by atoms with Gasteiger partial charge in [-0.25, -0.2) is 0 Å². The zero-order valence-corrected chi connectivity index (χ0v) is 7.26. The molecule has 1 saturated heterocycles. The summed E-state index contributed by atoms with van der Waals surface area (Å²) < 4.78 is 5.46. The molecule has 0 aromatic heterocycles. The molecule has 0 aliphatic carbocycles. The molecule has 3 nitrogen and oxygen atoms in total. The van der Waals surface area contributed by atoms with Gasteiger partial charge in [-0.05, 0) is 0 Å². The van der Waals surface area contributed by atoms with Crippen LogP contribution in [0.4, 0.5) is 0 Å². The van der Waals surface area contributed by atoms with Crippen LogP contribution in [0.25, 0.3) is 0 Å². The van der Waals surface area contributed by atoms with Crippen LogP contribution in [-0.4, -0.2) is 31.1 Å². The fourth-order valence-corrected chi connectivity index (χ4v) is 1.13. The molecule has 0 saturated carbocycles. The van der Waals surface area contributed by atoms with E-state index in [1.54, 1.807) is 0 Å². The molecule has 1 fully saturated rings. The van der Waals surface area contributed by atoms with Crippen LogP contribution in [0.5, 0.6) is 0 Å². The van der Waals surface area contributed by atoms with Gasteiger partial charge in [-0.2, -0.15) is 0 Å². The molecule has 1 aliphatic rings. The van der Waals surface area contributed by atoms with Crippen LogP contribution in [-0.2, 0) is 4.74 Å². The van der Waals surface area contributed by atoms with Gasteiger partial charge >= 0.3 is 0 Å². The first-order chi connectivity index (χ1) is 5.14. The average Bonchev–Trinajstić information content (AvgIpc) is 1.94. The van der Waals surface area contributed by atoms with Crippen molar-refractivity contribution in [2.24, 2.45) is 5.41 Å². The highest BCUT2D eigenvalue weighted by Crippen LogP contribution is 2.19. The fraction of sp³-hybridized carbons (Fsp3) is 1.00. The summed E-state index contributed by atoms with van der Waals surface area (Å²) >= 11 is 0. The number of aliphatic hydroxyl groups excluding tert-OH is 1. The third kappa shape index (κ3) is 2.77. The molecule has 0 bridgehead atoms. The summed E-state index contributed by atoms with van der Waals surface area (Å²) in [6.45, 7) is 6.27. The molecule has 1 unspecified atom stereocenters. The lowest BCUT2D eigenvalue weighted by molar-refractivity contribution is -0.0658. The van der Waals surface area contributed by atoms with Crippen molar-refractivity contribution >= 4 is 0 Å². The summed E-state index contributed by atoms with van der Waals surface area (Å²) in [7, 11) is 0. The second-order valence-electron chi connectivity index (χ2n) is 3.86. The Bertz CT molecular complexity index is 115. The molecule has 66 valence electrons. The van der Waals surface area contributed by atoms with Gasteiger partial charge in [0.25, 0.3) is 0 Å². The molecule has 0 aromatic rings. The standard InChI is InChI=1S/C8H17NO2/c1-8(2)5-9-7(3-4-10)11-6-8/h7,9-10H,3-6H2,1-2H3. The normalized spacial score (nSPS) is 30.3. The van der Waals surface area contributed by atoms with Crippen LogP contribution < -0.4 is 5.32 Å².